The Balaban J connectivity index is 1.36. The molecule has 2 aromatic rings. The zero-order valence-corrected chi connectivity index (χ0v) is 16.1. The molecule has 2 fully saturated rings. The van der Waals surface area contributed by atoms with Gasteiger partial charge in [-0.15, -0.1) is 0 Å². The first kappa shape index (κ1) is 17.3. The van der Waals surface area contributed by atoms with E-state index in [1.807, 2.05) is 31.2 Å². The molecule has 142 valence electrons. The molecule has 0 unspecified atom stereocenters. The van der Waals surface area contributed by atoms with Crippen LogP contribution in [0.5, 0.6) is 11.5 Å². The molecule has 5 rings (SSSR count). The minimum atomic E-state index is -0.822. The number of benzene rings is 1. The Hall–Kier alpha value is -1.82. The van der Waals surface area contributed by atoms with Gasteiger partial charge in [-0.1, -0.05) is 17.7 Å². The molecule has 1 aliphatic carbocycles. The Bertz CT molecular complexity index is 890. The summed E-state index contributed by atoms with van der Waals surface area (Å²) in [5.41, 5.74) is 2.21. The van der Waals surface area contributed by atoms with Crippen molar-refractivity contribution in [3.05, 3.63) is 52.3 Å². The molecule has 1 aromatic heterocycles. The summed E-state index contributed by atoms with van der Waals surface area (Å²) in [5, 5.41) is 12.1. The zero-order valence-electron chi connectivity index (χ0n) is 15.3. The van der Waals surface area contributed by atoms with Crippen LogP contribution in [0.25, 0.3) is 0 Å². The van der Waals surface area contributed by atoms with Crippen LogP contribution in [0.15, 0.2) is 30.5 Å². The smallest absolute Gasteiger partial charge is 0.231 e. The molecule has 0 radical (unpaired) electrons. The number of aliphatic hydroxyl groups is 1. The average molecular weight is 387 g/mol. The van der Waals surface area contributed by atoms with Gasteiger partial charge in [-0.3, -0.25) is 9.88 Å². The maximum atomic E-state index is 11.5. The van der Waals surface area contributed by atoms with Gasteiger partial charge in [0.2, 0.25) is 6.79 Å². The topological polar surface area (TPSA) is 54.8 Å². The number of fused-ring (bicyclic) bond motifs is 2. The monoisotopic (exact) mass is 386 g/mol. The van der Waals surface area contributed by atoms with Crippen LogP contribution >= 0.6 is 11.6 Å². The molecule has 1 aromatic carbocycles. The lowest BCUT2D eigenvalue weighted by Crippen LogP contribution is -2.36. The van der Waals surface area contributed by atoms with Gasteiger partial charge in [0.15, 0.2) is 11.5 Å². The van der Waals surface area contributed by atoms with Crippen LogP contribution in [-0.4, -0.2) is 34.9 Å². The number of rotatable bonds is 3. The highest BCUT2D eigenvalue weighted by molar-refractivity contribution is 6.32. The summed E-state index contributed by atoms with van der Waals surface area (Å²) in [4.78, 5) is 6.94. The van der Waals surface area contributed by atoms with Crippen LogP contribution in [-0.2, 0) is 12.1 Å². The van der Waals surface area contributed by atoms with Gasteiger partial charge in [0, 0.05) is 31.7 Å². The number of pyridine rings is 1. The van der Waals surface area contributed by atoms with Crippen molar-refractivity contribution < 1.29 is 14.6 Å². The van der Waals surface area contributed by atoms with Crippen molar-refractivity contribution in [2.24, 2.45) is 11.8 Å². The molecule has 3 atom stereocenters. The molecule has 0 amide bonds. The van der Waals surface area contributed by atoms with Crippen LogP contribution in [0.3, 0.4) is 0 Å². The molecule has 5 nitrogen and oxygen atoms in total. The second-order valence-corrected chi connectivity index (χ2v) is 8.41. The summed E-state index contributed by atoms with van der Waals surface area (Å²) >= 11 is 6.33. The average Bonchev–Trinajstić information content (AvgIpc) is 3.33. The standard InChI is InChI=1S/C21H23ClN2O3/c1-13-3-2-6-23-20(13)21(25)5-4-15-10-24(11-16(15)21)9-14-7-17(22)19-18(8-14)26-12-27-19/h2-3,6-8,15-16,25H,4-5,9-12H2,1H3/t15-,16-,21+/m1/s1. The van der Waals surface area contributed by atoms with Gasteiger partial charge in [0.25, 0.3) is 0 Å². The van der Waals surface area contributed by atoms with E-state index in [0.29, 0.717) is 16.7 Å². The van der Waals surface area contributed by atoms with Gasteiger partial charge in [0.05, 0.1) is 10.7 Å². The molecule has 2 aliphatic heterocycles. The number of aryl methyl sites for hydroxylation is 1. The third-order valence-electron chi connectivity index (χ3n) is 6.34. The van der Waals surface area contributed by atoms with Crippen LogP contribution in [0, 0.1) is 18.8 Å². The maximum Gasteiger partial charge on any atom is 0.231 e. The van der Waals surface area contributed by atoms with Crippen molar-refractivity contribution in [2.45, 2.75) is 31.9 Å². The van der Waals surface area contributed by atoms with Crippen LogP contribution in [0.2, 0.25) is 5.02 Å². The summed E-state index contributed by atoms with van der Waals surface area (Å²) in [6, 6.07) is 7.93. The van der Waals surface area contributed by atoms with Gasteiger partial charge in [-0.05, 0) is 55.0 Å². The van der Waals surface area contributed by atoms with Crippen molar-refractivity contribution >= 4 is 11.6 Å². The van der Waals surface area contributed by atoms with E-state index in [0.717, 1.165) is 55.0 Å². The Morgan fingerprint density at radius 2 is 2.22 bits per heavy atom. The van der Waals surface area contributed by atoms with Crippen molar-refractivity contribution in [1.29, 1.82) is 0 Å². The summed E-state index contributed by atoms with van der Waals surface area (Å²) < 4.78 is 10.9. The van der Waals surface area contributed by atoms with Crippen molar-refractivity contribution in [3.63, 3.8) is 0 Å². The van der Waals surface area contributed by atoms with Gasteiger partial charge < -0.3 is 14.6 Å². The first-order chi connectivity index (χ1) is 13.0. The second kappa shape index (κ2) is 6.36. The number of nitrogens with zero attached hydrogens (tertiary/aromatic N) is 2. The zero-order chi connectivity index (χ0) is 18.6. The molecule has 27 heavy (non-hydrogen) atoms. The first-order valence-corrected chi connectivity index (χ1v) is 9.87. The number of aromatic nitrogens is 1. The molecule has 1 saturated heterocycles. The third kappa shape index (κ3) is 2.80. The minimum absolute atomic E-state index is 0.218. The number of halogens is 1. The first-order valence-electron chi connectivity index (χ1n) is 9.49. The van der Waals surface area contributed by atoms with Gasteiger partial charge in [-0.25, -0.2) is 0 Å². The van der Waals surface area contributed by atoms with E-state index < -0.39 is 5.60 Å². The van der Waals surface area contributed by atoms with Crippen LogP contribution in [0.4, 0.5) is 0 Å². The predicted molar refractivity (Wildman–Crippen MR) is 102 cm³/mol. The minimum Gasteiger partial charge on any atom is -0.454 e. The third-order valence-corrected chi connectivity index (χ3v) is 6.62. The molecule has 1 N–H and O–H groups in total. The van der Waals surface area contributed by atoms with Gasteiger partial charge in [-0.2, -0.15) is 0 Å². The number of ether oxygens (including phenoxy) is 2. The van der Waals surface area contributed by atoms with Gasteiger partial charge in [0.1, 0.15) is 5.60 Å². The summed E-state index contributed by atoms with van der Waals surface area (Å²) in [7, 11) is 0. The lowest BCUT2D eigenvalue weighted by Gasteiger charge is -2.31. The Labute approximate surface area is 163 Å². The predicted octanol–water partition coefficient (Wildman–Crippen LogP) is 3.50. The SMILES string of the molecule is Cc1cccnc1[C@]1(O)CC[C@@H]2CN(Cc3cc(Cl)c4c(c3)OCO4)C[C@H]21. The fourth-order valence-corrected chi connectivity index (χ4v) is 5.41. The molecule has 0 spiro atoms. The number of hydrogen-bond donors (Lipinski definition) is 1. The van der Waals surface area contributed by atoms with Crippen LogP contribution < -0.4 is 9.47 Å². The van der Waals surface area contributed by atoms with Crippen molar-refractivity contribution in [1.82, 2.24) is 9.88 Å². The summed E-state index contributed by atoms with van der Waals surface area (Å²) in [5.74, 6) is 2.08. The second-order valence-electron chi connectivity index (χ2n) is 8.00. The number of likely N-dealkylation sites (tertiary alicyclic amines) is 1. The fourth-order valence-electron chi connectivity index (χ4n) is 5.12. The Morgan fingerprint density at radius 1 is 1.33 bits per heavy atom. The highest BCUT2D eigenvalue weighted by atomic mass is 35.5. The molecule has 0 bridgehead atoms. The van der Waals surface area contributed by atoms with Gasteiger partial charge >= 0.3 is 0 Å². The summed E-state index contributed by atoms with van der Waals surface area (Å²) in [6.45, 7) is 4.91. The largest absolute Gasteiger partial charge is 0.454 e. The van der Waals surface area contributed by atoms with E-state index >= 15 is 0 Å². The normalized spacial score (nSPS) is 29.3. The summed E-state index contributed by atoms with van der Waals surface area (Å²) in [6.07, 6.45) is 3.62. The highest BCUT2D eigenvalue weighted by Gasteiger charge is 2.53. The Kier molecular flexibility index (Phi) is 4.08. The molecular weight excluding hydrogens is 364 g/mol. The van der Waals surface area contributed by atoms with E-state index in [-0.39, 0.29) is 12.7 Å². The lowest BCUT2D eigenvalue weighted by atomic mass is 9.83. The van der Waals surface area contributed by atoms with E-state index in [1.165, 1.54) is 0 Å². The molecule has 3 aliphatic rings. The maximum absolute atomic E-state index is 11.5. The van der Waals surface area contributed by atoms with Crippen molar-refractivity contribution in [2.75, 3.05) is 19.9 Å². The molecular formula is C21H23ClN2O3. The van der Waals surface area contributed by atoms with E-state index in [2.05, 4.69) is 9.88 Å². The van der Waals surface area contributed by atoms with E-state index in [9.17, 15) is 5.11 Å². The lowest BCUT2D eigenvalue weighted by molar-refractivity contribution is -0.0114. The Morgan fingerprint density at radius 3 is 3.07 bits per heavy atom. The number of hydrogen-bond acceptors (Lipinski definition) is 5. The van der Waals surface area contributed by atoms with E-state index in [1.54, 1.807) is 6.20 Å². The van der Waals surface area contributed by atoms with E-state index in [4.69, 9.17) is 21.1 Å². The molecule has 6 heteroatoms. The quantitative estimate of drug-likeness (QED) is 0.874. The van der Waals surface area contributed by atoms with Crippen molar-refractivity contribution in [3.8, 4) is 11.5 Å². The fraction of sp³-hybridized carbons (Fsp3) is 0.476. The highest BCUT2D eigenvalue weighted by Crippen LogP contribution is 2.51. The molecule has 1 saturated carbocycles. The molecule has 3 heterocycles. The van der Waals surface area contributed by atoms with Crippen LogP contribution in [0.1, 0.15) is 29.7 Å².